The first-order valence-electron chi connectivity index (χ1n) is 9.53. The SMILES string of the molecule is CC(C)c1ccccc1NC(=O)CN1C(=O)N[C@]2(CCc3ccccc32)C1=O. The quantitative estimate of drug-likeness (QED) is 0.804. The van der Waals surface area contributed by atoms with Gasteiger partial charge in [0.1, 0.15) is 12.1 Å². The molecule has 0 radical (unpaired) electrons. The molecule has 2 aromatic rings. The van der Waals surface area contributed by atoms with Gasteiger partial charge in [-0.25, -0.2) is 4.79 Å². The zero-order valence-corrected chi connectivity index (χ0v) is 16.0. The van der Waals surface area contributed by atoms with Crippen LogP contribution in [0.1, 0.15) is 42.9 Å². The highest BCUT2D eigenvalue weighted by Crippen LogP contribution is 2.41. The summed E-state index contributed by atoms with van der Waals surface area (Å²) in [5.41, 5.74) is 2.57. The minimum Gasteiger partial charge on any atom is -0.324 e. The van der Waals surface area contributed by atoms with E-state index in [1.807, 2.05) is 62.4 Å². The van der Waals surface area contributed by atoms with Crippen LogP contribution in [0.15, 0.2) is 48.5 Å². The summed E-state index contributed by atoms with van der Waals surface area (Å²) in [5.74, 6) is -0.499. The Labute approximate surface area is 163 Å². The molecule has 28 heavy (non-hydrogen) atoms. The van der Waals surface area contributed by atoms with Crippen molar-refractivity contribution in [2.24, 2.45) is 0 Å². The smallest absolute Gasteiger partial charge is 0.324 e. The summed E-state index contributed by atoms with van der Waals surface area (Å²) in [6.07, 6.45) is 1.25. The van der Waals surface area contributed by atoms with Gasteiger partial charge in [0, 0.05) is 5.69 Å². The van der Waals surface area contributed by atoms with Gasteiger partial charge >= 0.3 is 6.03 Å². The molecule has 144 valence electrons. The second-order valence-corrected chi connectivity index (χ2v) is 7.67. The average Bonchev–Trinajstić information content (AvgIpc) is 3.16. The summed E-state index contributed by atoms with van der Waals surface area (Å²) in [4.78, 5) is 39.3. The number of anilines is 1. The molecule has 0 unspecified atom stereocenters. The number of para-hydroxylation sites is 1. The van der Waals surface area contributed by atoms with E-state index in [9.17, 15) is 14.4 Å². The molecule has 1 aliphatic heterocycles. The summed E-state index contributed by atoms with van der Waals surface area (Å²) in [6.45, 7) is 3.79. The topological polar surface area (TPSA) is 78.5 Å². The summed E-state index contributed by atoms with van der Waals surface area (Å²) in [7, 11) is 0. The number of amides is 4. The predicted molar refractivity (Wildman–Crippen MR) is 106 cm³/mol. The number of carbonyl (C=O) groups is 3. The number of urea groups is 1. The third-order valence-electron chi connectivity index (χ3n) is 5.58. The molecule has 1 aliphatic carbocycles. The second kappa shape index (κ2) is 6.78. The van der Waals surface area contributed by atoms with Gasteiger partial charge < -0.3 is 10.6 Å². The van der Waals surface area contributed by atoms with Crippen LogP contribution in [0.25, 0.3) is 0 Å². The molecule has 2 aliphatic rings. The number of carbonyl (C=O) groups excluding carboxylic acids is 3. The molecule has 0 aromatic heterocycles. The molecule has 1 fully saturated rings. The largest absolute Gasteiger partial charge is 0.325 e. The monoisotopic (exact) mass is 377 g/mol. The lowest BCUT2D eigenvalue weighted by atomic mass is 9.92. The van der Waals surface area contributed by atoms with Gasteiger partial charge in [0.05, 0.1) is 0 Å². The molecule has 1 spiro atoms. The van der Waals surface area contributed by atoms with Gasteiger partial charge in [-0.05, 0) is 41.5 Å². The highest BCUT2D eigenvalue weighted by molar-refractivity contribution is 6.11. The van der Waals surface area contributed by atoms with E-state index in [4.69, 9.17) is 0 Å². The number of nitrogens with zero attached hydrogens (tertiary/aromatic N) is 1. The zero-order chi connectivity index (χ0) is 19.9. The van der Waals surface area contributed by atoms with E-state index >= 15 is 0 Å². The van der Waals surface area contributed by atoms with Gasteiger partial charge in [-0.3, -0.25) is 14.5 Å². The van der Waals surface area contributed by atoms with Gasteiger partial charge in [0.15, 0.2) is 0 Å². The second-order valence-electron chi connectivity index (χ2n) is 7.67. The molecule has 2 N–H and O–H groups in total. The van der Waals surface area contributed by atoms with Gasteiger partial charge in [0.25, 0.3) is 5.91 Å². The Morgan fingerprint density at radius 2 is 1.86 bits per heavy atom. The number of aryl methyl sites for hydroxylation is 1. The van der Waals surface area contributed by atoms with Crippen LogP contribution < -0.4 is 10.6 Å². The van der Waals surface area contributed by atoms with Crippen molar-refractivity contribution in [1.29, 1.82) is 0 Å². The number of hydrogen-bond donors (Lipinski definition) is 2. The van der Waals surface area contributed by atoms with E-state index in [2.05, 4.69) is 10.6 Å². The standard InChI is InChI=1S/C22H23N3O3/c1-14(2)16-8-4-6-10-18(16)23-19(26)13-25-20(27)22(24-21(25)28)12-11-15-7-3-5-9-17(15)22/h3-10,14H,11-13H2,1-2H3,(H,23,26)(H,24,28)/t22-/m0/s1. The van der Waals surface area contributed by atoms with E-state index in [1.54, 1.807) is 0 Å². The van der Waals surface area contributed by atoms with Gasteiger partial charge in [-0.15, -0.1) is 0 Å². The number of rotatable bonds is 4. The summed E-state index contributed by atoms with van der Waals surface area (Å²) >= 11 is 0. The minimum atomic E-state index is -1.04. The third-order valence-corrected chi connectivity index (χ3v) is 5.58. The fourth-order valence-electron chi connectivity index (χ4n) is 4.18. The molecule has 6 nitrogen and oxygen atoms in total. The van der Waals surface area contributed by atoms with Crippen LogP contribution in [-0.4, -0.2) is 29.3 Å². The molecular formula is C22H23N3O3. The van der Waals surface area contributed by atoms with E-state index in [0.29, 0.717) is 12.1 Å². The minimum absolute atomic E-state index is 0.242. The van der Waals surface area contributed by atoms with Crippen molar-refractivity contribution in [3.05, 3.63) is 65.2 Å². The Morgan fingerprint density at radius 1 is 1.14 bits per heavy atom. The van der Waals surface area contributed by atoms with E-state index in [1.165, 1.54) is 0 Å². The third kappa shape index (κ3) is 2.85. The van der Waals surface area contributed by atoms with Crippen molar-refractivity contribution in [3.63, 3.8) is 0 Å². The first-order chi connectivity index (χ1) is 13.4. The molecule has 4 rings (SSSR count). The van der Waals surface area contributed by atoms with Crippen molar-refractivity contribution < 1.29 is 14.4 Å². The maximum absolute atomic E-state index is 13.1. The Bertz CT molecular complexity index is 969. The van der Waals surface area contributed by atoms with E-state index in [-0.39, 0.29) is 24.3 Å². The van der Waals surface area contributed by atoms with Crippen molar-refractivity contribution in [2.45, 2.75) is 38.1 Å². The first-order valence-corrected chi connectivity index (χ1v) is 9.53. The van der Waals surface area contributed by atoms with Crippen molar-refractivity contribution in [2.75, 3.05) is 11.9 Å². The Morgan fingerprint density at radius 3 is 2.64 bits per heavy atom. The lowest BCUT2D eigenvalue weighted by Crippen LogP contribution is -2.43. The van der Waals surface area contributed by atoms with Crippen LogP contribution in [-0.2, 0) is 21.5 Å². The molecule has 6 heteroatoms. The van der Waals surface area contributed by atoms with Crippen LogP contribution in [0, 0.1) is 0 Å². The van der Waals surface area contributed by atoms with Crippen LogP contribution in [0.5, 0.6) is 0 Å². The van der Waals surface area contributed by atoms with Crippen LogP contribution in [0.2, 0.25) is 0 Å². The lowest BCUT2D eigenvalue weighted by Gasteiger charge is -2.22. The summed E-state index contributed by atoms with van der Waals surface area (Å²) in [6, 6.07) is 14.7. The first kappa shape index (κ1) is 18.2. The number of fused-ring (bicyclic) bond motifs is 2. The number of imide groups is 1. The molecule has 2 aromatic carbocycles. The average molecular weight is 377 g/mol. The Kier molecular flexibility index (Phi) is 4.41. The normalized spacial score (nSPS) is 20.6. The number of nitrogens with one attached hydrogen (secondary N) is 2. The van der Waals surface area contributed by atoms with Gasteiger partial charge in [0.2, 0.25) is 5.91 Å². The molecule has 1 atom stereocenters. The van der Waals surface area contributed by atoms with Gasteiger partial charge in [-0.2, -0.15) is 0 Å². The van der Waals surface area contributed by atoms with Crippen LogP contribution >= 0.6 is 0 Å². The zero-order valence-electron chi connectivity index (χ0n) is 16.0. The molecule has 4 amide bonds. The Balaban J connectivity index is 1.53. The number of benzene rings is 2. The van der Waals surface area contributed by atoms with Crippen molar-refractivity contribution >= 4 is 23.5 Å². The fourth-order valence-corrected chi connectivity index (χ4v) is 4.18. The summed E-state index contributed by atoms with van der Waals surface area (Å²) < 4.78 is 0. The highest BCUT2D eigenvalue weighted by Gasteiger charge is 2.55. The predicted octanol–water partition coefficient (Wildman–Crippen LogP) is 3.14. The molecule has 0 saturated carbocycles. The highest BCUT2D eigenvalue weighted by atomic mass is 16.2. The Hall–Kier alpha value is -3.15. The van der Waals surface area contributed by atoms with Crippen LogP contribution in [0.4, 0.5) is 10.5 Å². The molecule has 1 saturated heterocycles. The summed E-state index contributed by atoms with van der Waals surface area (Å²) in [5, 5.41) is 5.69. The van der Waals surface area contributed by atoms with E-state index in [0.717, 1.165) is 28.0 Å². The van der Waals surface area contributed by atoms with Gasteiger partial charge in [-0.1, -0.05) is 56.3 Å². The van der Waals surface area contributed by atoms with Crippen LogP contribution in [0.3, 0.4) is 0 Å². The molecule has 0 bridgehead atoms. The van der Waals surface area contributed by atoms with E-state index < -0.39 is 11.6 Å². The van der Waals surface area contributed by atoms with Crippen molar-refractivity contribution in [1.82, 2.24) is 10.2 Å². The fraction of sp³-hybridized carbons (Fsp3) is 0.318. The molecule has 1 heterocycles. The van der Waals surface area contributed by atoms with Crippen molar-refractivity contribution in [3.8, 4) is 0 Å². The number of hydrogen-bond acceptors (Lipinski definition) is 3. The maximum atomic E-state index is 13.1. The lowest BCUT2D eigenvalue weighted by molar-refractivity contribution is -0.134. The maximum Gasteiger partial charge on any atom is 0.325 e. The molecular weight excluding hydrogens is 354 g/mol.